The Hall–Kier alpha value is -3.07. The van der Waals surface area contributed by atoms with E-state index in [0.29, 0.717) is 24.3 Å². The first-order chi connectivity index (χ1) is 15.2. The van der Waals surface area contributed by atoms with Gasteiger partial charge in [0.15, 0.2) is 0 Å². The van der Waals surface area contributed by atoms with Crippen LogP contribution >= 0.6 is 0 Å². The summed E-state index contributed by atoms with van der Waals surface area (Å²) in [6.07, 6.45) is 3.79. The molecule has 0 saturated heterocycles. The van der Waals surface area contributed by atoms with Gasteiger partial charge in [0.05, 0.1) is 18.0 Å². The normalized spacial score (nSPS) is 14.5. The van der Waals surface area contributed by atoms with Crippen LogP contribution in [-0.4, -0.2) is 37.9 Å². The number of hydrogen-bond acceptors (Lipinski definition) is 5. The molecule has 2 aromatic carbocycles. The van der Waals surface area contributed by atoms with E-state index in [-0.39, 0.29) is 4.90 Å². The Morgan fingerprint density at radius 2 is 1.66 bits per heavy atom. The van der Waals surface area contributed by atoms with Gasteiger partial charge in [-0.05, 0) is 62.6 Å². The van der Waals surface area contributed by atoms with Crippen molar-refractivity contribution in [3.05, 3.63) is 53.6 Å². The Labute approximate surface area is 189 Å². The van der Waals surface area contributed by atoms with Crippen molar-refractivity contribution in [1.29, 1.82) is 0 Å². The van der Waals surface area contributed by atoms with Gasteiger partial charge < -0.3 is 10.1 Å². The lowest BCUT2D eigenvalue weighted by Crippen LogP contribution is -2.52. The number of imide groups is 1. The third-order valence-corrected chi connectivity index (χ3v) is 7.44. The number of hydrogen-bond donors (Lipinski definition) is 2. The lowest BCUT2D eigenvalue weighted by molar-refractivity contribution is 0.199. The molecule has 2 N–H and O–H groups in total. The molecule has 1 aliphatic rings. The van der Waals surface area contributed by atoms with Gasteiger partial charge in [-0.3, -0.25) is 5.32 Å². The molecule has 32 heavy (non-hydrogen) atoms. The molecule has 8 nitrogen and oxygen atoms in total. The molecule has 0 radical (unpaired) electrons. The summed E-state index contributed by atoms with van der Waals surface area (Å²) in [6, 6.07) is 9.15. The van der Waals surface area contributed by atoms with Crippen LogP contribution < -0.4 is 15.4 Å². The van der Waals surface area contributed by atoms with Crippen LogP contribution in [0.15, 0.2) is 47.4 Å². The summed E-state index contributed by atoms with van der Waals surface area (Å²) < 4.78 is 32.7. The number of urea groups is 2. The predicted octanol–water partition coefficient (Wildman–Crippen LogP) is 4.58. The Morgan fingerprint density at radius 3 is 2.25 bits per heavy atom. The van der Waals surface area contributed by atoms with Gasteiger partial charge in [-0.2, -0.15) is 0 Å². The molecule has 3 rings (SSSR count). The maximum atomic E-state index is 13.4. The third kappa shape index (κ3) is 5.40. The van der Waals surface area contributed by atoms with Crippen molar-refractivity contribution in [3.63, 3.8) is 0 Å². The maximum Gasteiger partial charge on any atom is 0.339 e. The first-order valence-corrected chi connectivity index (χ1v) is 12.0. The van der Waals surface area contributed by atoms with Gasteiger partial charge in [0.2, 0.25) is 0 Å². The number of sulfonamides is 1. The molecule has 0 bridgehead atoms. The van der Waals surface area contributed by atoms with Gasteiger partial charge in [0.25, 0.3) is 10.0 Å². The number of benzene rings is 2. The monoisotopic (exact) mass is 459 g/mol. The van der Waals surface area contributed by atoms with Crippen LogP contribution in [0.25, 0.3) is 0 Å². The number of carbonyl (C=O) groups is 2. The molecule has 1 aliphatic carbocycles. The van der Waals surface area contributed by atoms with Crippen molar-refractivity contribution in [2.75, 3.05) is 12.4 Å². The van der Waals surface area contributed by atoms with E-state index in [1.807, 2.05) is 6.92 Å². The summed E-state index contributed by atoms with van der Waals surface area (Å²) in [5, 5.41) is 4.80. The highest BCUT2D eigenvalue weighted by molar-refractivity contribution is 7.89. The molecule has 4 amide bonds. The highest BCUT2D eigenvalue weighted by Crippen LogP contribution is 2.28. The molecule has 0 spiro atoms. The second-order valence-electron chi connectivity index (χ2n) is 7.97. The predicted molar refractivity (Wildman–Crippen MR) is 122 cm³/mol. The van der Waals surface area contributed by atoms with Crippen LogP contribution in [0.2, 0.25) is 0 Å². The van der Waals surface area contributed by atoms with E-state index in [2.05, 4.69) is 10.6 Å². The second kappa shape index (κ2) is 10.0. The molecule has 1 saturated carbocycles. The lowest BCUT2D eigenvalue weighted by atomic mass is 9.96. The third-order valence-electron chi connectivity index (χ3n) is 5.59. The summed E-state index contributed by atoms with van der Waals surface area (Å²) in [4.78, 5) is 25.6. The van der Waals surface area contributed by atoms with Gasteiger partial charge in [-0.1, -0.05) is 37.0 Å². The maximum absolute atomic E-state index is 13.4. The minimum absolute atomic E-state index is 0.0234. The fraction of sp³-hybridized carbons (Fsp3) is 0.391. The molecular weight excluding hydrogens is 430 g/mol. The van der Waals surface area contributed by atoms with Crippen molar-refractivity contribution in [2.24, 2.45) is 0 Å². The van der Waals surface area contributed by atoms with Crippen LogP contribution in [0.3, 0.4) is 0 Å². The molecule has 2 aromatic rings. The molecule has 0 atom stereocenters. The van der Waals surface area contributed by atoms with Gasteiger partial charge in [0, 0.05) is 5.69 Å². The average Bonchev–Trinajstić information content (AvgIpc) is 2.76. The number of aryl methyl sites for hydroxylation is 2. The van der Waals surface area contributed by atoms with Crippen LogP contribution in [0.5, 0.6) is 5.75 Å². The molecular formula is C23H29N3O5S. The van der Waals surface area contributed by atoms with Crippen LogP contribution in [0.4, 0.5) is 15.3 Å². The van der Waals surface area contributed by atoms with E-state index in [4.69, 9.17) is 4.74 Å². The van der Waals surface area contributed by atoms with Crippen molar-refractivity contribution < 1.29 is 22.7 Å². The number of ether oxygens (including phenoxy) is 1. The number of methoxy groups -OCH3 is 1. The van der Waals surface area contributed by atoms with E-state index >= 15 is 0 Å². The van der Waals surface area contributed by atoms with Gasteiger partial charge >= 0.3 is 12.1 Å². The minimum atomic E-state index is -4.13. The van der Waals surface area contributed by atoms with E-state index in [9.17, 15) is 18.0 Å². The molecule has 9 heteroatoms. The topological polar surface area (TPSA) is 105 Å². The zero-order valence-corrected chi connectivity index (χ0v) is 19.4. The summed E-state index contributed by atoms with van der Waals surface area (Å²) in [5.41, 5.74) is 2.14. The highest BCUT2D eigenvalue weighted by Gasteiger charge is 2.37. The van der Waals surface area contributed by atoms with Gasteiger partial charge in [0.1, 0.15) is 5.75 Å². The minimum Gasteiger partial charge on any atom is -0.497 e. The van der Waals surface area contributed by atoms with Crippen molar-refractivity contribution in [1.82, 2.24) is 9.62 Å². The van der Waals surface area contributed by atoms with Gasteiger partial charge in [-0.15, -0.1) is 0 Å². The average molecular weight is 460 g/mol. The molecule has 0 aliphatic heterocycles. The summed E-state index contributed by atoms with van der Waals surface area (Å²) in [6.45, 7) is 3.64. The number of anilines is 1. The van der Waals surface area contributed by atoms with Crippen LogP contribution in [0, 0.1) is 13.8 Å². The number of nitrogens with one attached hydrogen (secondary N) is 2. The zero-order chi connectivity index (χ0) is 23.3. The molecule has 0 unspecified atom stereocenters. The molecule has 172 valence electrons. The fourth-order valence-corrected chi connectivity index (χ4v) is 5.39. The molecule has 0 aromatic heterocycles. The highest BCUT2D eigenvalue weighted by atomic mass is 32.2. The first kappa shape index (κ1) is 23.6. The second-order valence-corrected chi connectivity index (χ2v) is 9.79. The first-order valence-electron chi connectivity index (χ1n) is 10.6. The standard InChI is InChI=1S/C23H29N3O5S/c1-16-9-12-20(13-10-16)32(29,30)26(18-7-5-4-6-8-18)23(28)25-22(27)24-21-14-11-19(31-3)15-17(21)2/h9-15,18H,4-8H2,1-3H3,(H2,24,25,27,28). The zero-order valence-electron chi connectivity index (χ0n) is 18.6. The summed E-state index contributed by atoms with van der Waals surface area (Å²) >= 11 is 0. The van der Waals surface area contributed by atoms with E-state index in [1.165, 1.54) is 12.1 Å². The number of amides is 4. The van der Waals surface area contributed by atoms with E-state index in [0.717, 1.165) is 34.7 Å². The fourth-order valence-electron chi connectivity index (χ4n) is 3.82. The molecule has 1 fully saturated rings. The lowest BCUT2D eigenvalue weighted by Gasteiger charge is -2.33. The molecule has 0 heterocycles. The Kier molecular flexibility index (Phi) is 7.40. The number of nitrogens with zero attached hydrogens (tertiary/aromatic N) is 1. The Bertz CT molecular complexity index is 1080. The van der Waals surface area contributed by atoms with Crippen molar-refractivity contribution in [3.8, 4) is 5.75 Å². The Balaban J connectivity index is 1.82. The SMILES string of the molecule is COc1ccc(NC(=O)NC(=O)N(C2CCCCC2)S(=O)(=O)c2ccc(C)cc2)c(C)c1. The van der Waals surface area contributed by atoms with E-state index in [1.54, 1.807) is 44.4 Å². The largest absolute Gasteiger partial charge is 0.497 e. The number of rotatable bonds is 5. The van der Waals surface area contributed by atoms with Crippen LogP contribution in [-0.2, 0) is 10.0 Å². The van der Waals surface area contributed by atoms with Crippen molar-refractivity contribution in [2.45, 2.75) is 56.9 Å². The van der Waals surface area contributed by atoms with Crippen molar-refractivity contribution >= 4 is 27.8 Å². The smallest absolute Gasteiger partial charge is 0.339 e. The van der Waals surface area contributed by atoms with E-state index < -0.39 is 28.1 Å². The Morgan fingerprint density at radius 1 is 1.00 bits per heavy atom. The van der Waals surface area contributed by atoms with Crippen LogP contribution in [0.1, 0.15) is 43.2 Å². The quantitative estimate of drug-likeness (QED) is 0.681. The summed E-state index contributed by atoms with van der Waals surface area (Å²) in [7, 11) is -2.58. The van der Waals surface area contributed by atoms with Gasteiger partial charge in [-0.25, -0.2) is 22.3 Å². The summed E-state index contributed by atoms with van der Waals surface area (Å²) in [5.74, 6) is 0.636. The number of carbonyl (C=O) groups excluding carboxylic acids is 2.